The van der Waals surface area contributed by atoms with Crippen molar-refractivity contribution in [1.29, 1.82) is 0 Å². The second-order valence-electron chi connectivity index (χ2n) is 6.18. The molecule has 1 N–H and O–H groups in total. The van der Waals surface area contributed by atoms with E-state index in [1.165, 1.54) is 45.1 Å². The fraction of sp³-hybridized carbons (Fsp3) is 0.263. The number of carbonyl (C=O) groups is 1. The minimum Gasteiger partial charge on any atom is -0.493 e. The van der Waals surface area contributed by atoms with E-state index in [0.717, 1.165) is 4.57 Å². The maximum Gasteiger partial charge on any atom is 0.332 e. The van der Waals surface area contributed by atoms with Crippen LogP contribution >= 0.6 is 0 Å². The average Bonchev–Trinajstić information content (AvgIpc) is 2.70. The van der Waals surface area contributed by atoms with E-state index in [9.17, 15) is 14.4 Å². The van der Waals surface area contributed by atoms with Crippen LogP contribution in [0.5, 0.6) is 11.5 Å². The number of nitrogens with one attached hydrogen (secondary N) is 1. The summed E-state index contributed by atoms with van der Waals surface area (Å²) in [5.41, 5.74) is 0.212. The lowest BCUT2D eigenvalue weighted by Crippen LogP contribution is -2.37. The molecule has 2 heterocycles. The van der Waals surface area contributed by atoms with Crippen LogP contribution in [0.4, 0.5) is 5.69 Å². The molecule has 0 spiro atoms. The Morgan fingerprint density at radius 2 is 1.79 bits per heavy atom. The minimum absolute atomic E-state index is 0.0657. The molecule has 9 heteroatoms. The summed E-state index contributed by atoms with van der Waals surface area (Å²) >= 11 is 0. The van der Waals surface area contributed by atoms with Crippen molar-refractivity contribution in [3.63, 3.8) is 0 Å². The van der Waals surface area contributed by atoms with E-state index in [4.69, 9.17) is 9.47 Å². The van der Waals surface area contributed by atoms with Gasteiger partial charge in [-0.05, 0) is 23.8 Å². The predicted octanol–water partition coefficient (Wildman–Crippen LogP) is 0.831. The van der Waals surface area contributed by atoms with E-state index in [0.29, 0.717) is 22.7 Å². The number of hydrogen-bond acceptors (Lipinski definition) is 6. The number of amides is 1. The van der Waals surface area contributed by atoms with Crippen molar-refractivity contribution in [3.05, 3.63) is 56.9 Å². The fourth-order valence-corrected chi connectivity index (χ4v) is 2.96. The zero-order valence-corrected chi connectivity index (χ0v) is 16.0. The van der Waals surface area contributed by atoms with Gasteiger partial charge in [0.2, 0.25) is 5.91 Å². The molecule has 2 aromatic heterocycles. The molecule has 9 nitrogen and oxygen atoms in total. The molecule has 0 unspecified atom stereocenters. The van der Waals surface area contributed by atoms with E-state index < -0.39 is 11.2 Å². The molecule has 1 amide bonds. The first-order valence-electron chi connectivity index (χ1n) is 8.42. The summed E-state index contributed by atoms with van der Waals surface area (Å²) in [5, 5.41) is 2.91. The van der Waals surface area contributed by atoms with Gasteiger partial charge in [-0.2, -0.15) is 0 Å². The van der Waals surface area contributed by atoms with Gasteiger partial charge in [0.25, 0.3) is 5.56 Å². The molecular formula is C19H20N4O5. The number of carbonyl (C=O) groups excluding carboxylic acids is 1. The van der Waals surface area contributed by atoms with Gasteiger partial charge >= 0.3 is 5.69 Å². The topological polar surface area (TPSA) is 104 Å². The van der Waals surface area contributed by atoms with Crippen LogP contribution in [0.2, 0.25) is 0 Å². The van der Waals surface area contributed by atoms with E-state index in [1.807, 2.05) is 0 Å². The van der Waals surface area contributed by atoms with Crippen LogP contribution in [-0.2, 0) is 25.3 Å². The molecule has 0 radical (unpaired) electrons. The minimum atomic E-state index is -0.521. The molecule has 0 bridgehead atoms. The summed E-state index contributed by atoms with van der Waals surface area (Å²) in [6, 6.07) is 6.72. The number of aromatic nitrogens is 3. The van der Waals surface area contributed by atoms with Crippen molar-refractivity contribution in [3.8, 4) is 11.5 Å². The lowest BCUT2D eigenvalue weighted by atomic mass is 10.1. The second-order valence-corrected chi connectivity index (χ2v) is 6.18. The number of pyridine rings is 1. The van der Waals surface area contributed by atoms with Crippen molar-refractivity contribution in [2.24, 2.45) is 14.1 Å². The van der Waals surface area contributed by atoms with Crippen molar-refractivity contribution in [2.45, 2.75) is 6.42 Å². The number of rotatable bonds is 5. The van der Waals surface area contributed by atoms with Gasteiger partial charge < -0.3 is 14.8 Å². The average molecular weight is 384 g/mol. The number of aryl methyl sites for hydroxylation is 1. The van der Waals surface area contributed by atoms with Crippen molar-refractivity contribution < 1.29 is 14.3 Å². The highest BCUT2D eigenvalue weighted by Gasteiger charge is 2.15. The van der Waals surface area contributed by atoms with Gasteiger partial charge in [0.05, 0.1) is 26.3 Å². The Hall–Kier alpha value is -3.62. The summed E-state index contributed by atoms with van der Waals surface area (Å²) in [7, 11) is 5.95. The summed E-state index contributed by atoms with van der Waals surface area (Å²) in [5.74, 6) is 0.762. The number of methoxy groups -OCH3 is 2. The van der Waals surface area contributed by atoms with Gasteiger partial charge in [-0.25, -0.2) is 9.78 Å². The molecule has 0 aliphatic rings. The largest absolute Gasteiger partial charge is 0.493 e. The Labute approximate surface area is 160 Å². The van der Waals surface area contributed by atoms with Crippen LogP contribution in [0.25, 0.3) is 11.0 Å². The number of hydrogen-bond donors (Lipinski definition) is 1. The van der Waals surface area contributed by atoms with Gasteiger partial charge in [0, 0.05) is 20.3 Å². The van der Waals surface area contributed by atoms with Gasteiger partial charge in [0.1, 0.15) is 5.39 Å². The number of nitrogens with zero attached hydrogens (tertiary/aromatic N) is 3. The first-order valence-corrected chi connectivity index (χ1v) is 8.42. The van der Waals surface area contributed by atoms with Gasteiger partial charge in [-0.15, -0.1) is 0 Å². The highest BCUT2D eigenvalue weighted by molar-refractivity contribution is 6.00. The molecule has 0 atom stereocenters. The van der Waals surface area contributed by atoms with E-state index >= 15 is 0 Å². The third-order valence-corrected chi connectivity index (χ3v) is 4.43. The molecular weight excluding hydrogens is 364 g/mol. The monoisotopic (exact) mass is 384 g/mol. The number of fused-ring (bicyclic) bond motifs is 1. The summed E-state index contributed by atoms with van der Waals surface area (Å²) in [4.78, 5) is 41.3. The lowest BCUT2D eigenvalue weighted by Gasteiger charge is -2.12. The first kappa shape index (κ1) is 19.2. The molecule has 0 aliphatic heterocycles. The summed E-state index contributed by atoms with van der Waals surface area (Å²) < 4.78 is 12.7. The van der Waals surface area contributed by atoms with Crippen molar-refractivity contribution in [1.82, 2.24) is 14.1 Å². The smallest absolute Gasteiger partial charge is 0.332 e. The fourth-order valence-electron chi connectivity index (χ4n) is 2.96. The zero-order chi connectivity index (χ0) is 20.4. The number of anilines is 1. The Balaban J connectivity index is 1.94. The summed E-state index contributed by atoms with van der Waals surface area (Å²) in [6.07, 6.45) is 1.50. The van der Waals surface area contributed by atoms with Crippen LogP contribution in [0, 0.1) is 0 Å². The van der Waals surface area contributed by atoms with Crippen molar-refractivity contribution in [2.75, 3.05) is 19.5 Å². The van der Waals surface area contributed by atoms with E-state index in [1.54, 1.807) is 18.2 Å². The highest BCUT2D eigenvalue weighted by atomic mass is 16.5. The second kappa shape index (κ2) is 7.55. The van der Waals surface area contributed by atoms with Gasteiger partial charge in [-0.3, -0.25) is 18.7 Å². The predicted molar refractivity (Wildman–Crippen MR) is 104 cm³/mol. The number of benzene rings is 1. The Morgan fingerprint density at radius 1 is 1.07 bits per heavy atom. The van der Waals surface area contributed by atoms with E-state index in [-0.39, 0.29) is 23.4 Å². The third kappa shape index (κ3) is 3.34. The first-order chi connectivity index (χ1) is 13.4. The SMILES string of the molecule is COc1ccc(CC(=O)Nc2ccnc3c2c(=O)n(C)c(=O)n3C)cc1OC. The van der Waals surface area contributed by atoms with Crippen LogP contribution in [-0.4, -0.2) is 34.2 Å². The number of ether oxygens (including phenoxy) is 2. The van der Waals surface area contributed by atoms with Crippen LogP contribution < -0.4 is 26.0 Å². The molecule has 1 aromatic carbocycles. The van der Waals surface area contributed by atoms with Crippen LogP contribution in [0.15, 0.2) is 40.1 Å². The molecule has 0 saturated heterocycles. The molecule has 0 fully saturated rings. The Bertz CT molecular complexity index is 1180. The maximum absolute atomic E-state index is 12.5. The molecule has 28 heavy (non-hydrogen) atoms. The quantitative estimate of drug-likeness (QED) is 0.699. The van der Waals surface area contributed by atoms with E-state index in [2.05, 4.69) is 10.3 Å². The zero-order valence-electron chi connectivity index (χ0n) is 16.0. The van der Waals surface area contributed by atoms with Crippen LogP contribution in [0.3, 0.4) is 0 Å². The third-order valence-electron chi connectivity index (χ3n) is 4.43. The maximum atomic E-state index is 12.5. The standard InChI is InChI=1S/C19H20N4O5/c1-22-17-16(18(25)23(2)19(22)26)12(7-8-20-17)21-15(24)10-11-5-6-13(27-3)14(9-11)28-4/h5-9H,10H2,1-4H3,(H,20,21,24). The molecule has 0 aliphatic carbocycles. The molecule has 3 aromatic rings. The van der Waals surface area contributed by atoms with Gasteiger partial charge in [-0.1, -0.05) is 6.07 Å². The van der Waals surface area contributed by atoms with Crippen molar-refractivity contribution >= 4 is 22.6 Å². The molecule has 3 rings (SSSR count). The Morgan fingerprint density at radius 3 is 2.46 bits per heavy atom. The molecule has 0 saturated carbocycles. The summed E-state index contributed by atoms with van der Waals surface area (Å²) in [6.45, 7) is 0. The lowest BCUT2D eigenvalue weighted by molar-refractivity contribution is -0.115. The Kier molecular flexibility index (Phi) is 5.16. The van der Waals surface area contributed by atoms with Gasteiger partial charge in [0.15, 0.2) is 17.1 Å². The normalized spacial score (nSPS) is 10.7. The van der Waals surface area contributed by atoms with Crippen LogP contribution in [0.1, 0.15) is 5.56 Å². The molecule has 146 valence electrons. The highest BCUT2D eigenvalue weighted by Crippen LogP contribution is 2.28.